The van der Waals surface area contributed by atoms with Gasteiger partial charge in [-0.25, -0.2) is 4.99 Å². The van der Waals surface area contributed by atoms with Gasteiger partial charge in [-0.2, -0.15) is 0 Å². The second-order valence-corrected chi connectivity index (χ2v) is 7.48. The third-order valence-electron chi connectivity index (χ3n) is 3.41. The van der Waals surface area contributed by atoms with E-state index in [-0.39, 0.29) is 16.9 Å². The topological polar surface area (TPSA) is 50.1 Å². The molecule has 0 spiro atoms. The van der Waals surface area contributed by atoms with Gasteiger partial charge in [0.25, 0.3) is 5.56 Å². The second kappa shape index (κ2) is 4.93. The van der Waals surface area contributed by atoms with Crippen LogP contribution in [0.2, 0.25) is 0 Å². The number of hydrogen-bond donors (Lipinski definition) is 1. The van der Waals surface area contributed by atoms with Crippen molar-refractivity contribution in [3.05, 3.63) is 37.8 Å². The van der Waals surface area contributed by atoms with Crippen LogP contribution in [0.1, 0.15) is 48.1 Å². The lowest BCUT2D eigenvalue weighted by Gasteiger charge is -2.21. The van der Waals surface area contributed by atoms with Crippen molar-refractivity contribution in [2.45, 2.75) is 39.0 Å². The van der Waals surface area contributed by atoms with Gasteiger partial charge in [0.1, 0.15) is 0 Å². The first-order chi connectivity index (χ1) is 9.49. The largest absolute Gasteiger partial charge is 0.271 e. The molecular formula is C14H17N3OS2. The molecule has 3 heterocycles. The quantitative estimate of drug-likeness (QED) is 0.911. The maximum atomic E-state index is 12.4. The average molecular weight is 307 g/mol. The monoisotopic (exact) mass is 307 g/mol. The van der Waals surface area contributed by atoms with Gasteiger partial charge in [0.2, 0.25) is 0 Å². The fourth-order valence-corrected chi connectivity index (χ4v) is 4.75. The number of fused-ring (bicyclic) bond motifs is 1. The highest BCUT2D eigenvalue weighted by Gasteiger charge is 2.31. The zero-order valence-electron chi connectivity index (χ0n) is 11.9. The molecule has 4 nitrogen and oxygen atoms in total. The molecule has 0 saturated carbocycles. The molecule has 1 aliphatic heterocycles. The molecule has 0 fully saturated rings. The van der Waals surface area contributed by atoms with Crippen molar-refractivity contribution in [3.63, 3.8) is 0 Å². The average Bonchev–Trinajstić information content (AvgIpc) is 2.93. The zero-order chi connectivity index (χ0) is 14.4. The summed E-state index contributed by atoms with van der Waals surface area (Å²) in [6.07, 6.45) is 0. The van der Waals surface area contributed by atoms with Crippen LogP contribution in [0.5, 0.6) is 0 Å². The summed E-state index contributed by atoms with van der Waals surface area (Å²) in [5.41, 5.74) is 2.01. The Labute approximate surface area is 125 Å². The predicted molar refractivity (Wildman–Crippen MR) is 86.7 cm³/mol. The van der Waals surface area contributed by atoms with Crippen LogP contribution >= 0.6 is 23.1 Å². The van der Waals surface area contributed by atoms with Crippen LogP contribution in [0.3, 0.4) is 0 Å². The highest BCUT2D eigenvalue weighted by molar-refractivity contribution is 8.14. The summed E-state index contributed by atoms with van der Waals surface area (Å²) in [6.45, 7) is 8.20. The molecule has 0 saturated heterocycles. The Morgan fingerprint density at radius 3 is 2.75 bits per heavy atom. The van der Waals surface area contributed by atoms with E-state index in [1.807, 2.05) is 25.5 Å². The molecule has 0 bridgehead atoms. The number of nitrogens with one attached hydrogen (secondary N) is 1. The van der Waals surface area contributed by atoms with Crippen LogP contribution in [0.15, 0.2) is 21.2 Å². The number of nitrogens with zero attached hydrogens (tertiary/aromatic N) is 2. The van der Waals surface area contributed by atoms with Gasteiger partial charge in [-0.1, -0.05) is 11.8 Å². The summed E-state index contributed by atoms with van der Waals surface area (Å²) in [5, 5.41) is 6.08. The van der Waals surface area contributed by atoms with Crippen molar-refractivity contribution in [2.75, 3.05) is 0 Å². The number of thioether (sulfide) groups is 1. The third-order valence-corrected chi connectivity index (χ3v) is 5.78. The van der Waals surface area contributed by atoms with Crippen molar-refractivity contribution < 1.29 is 0 Å². The number of H-pyrrole nitrogens is 1. The Morgan fingerprint density at radius 2 is 2.15 bits per heavy atom. The van der Waals surface area contributed by atoms with Crippen molar-refractivity contribution in [1.82, 2.24) is 9.78 Å². The first kappa shape index (κ1) is 13.7. The summed E-state index contributed by atoms with van der Waals surface area (Å²) in [6, 6.07) is 2.30. The molecule has 0 aliphatic carbocycles. The standard InChI is InChI=1S/C14H17N3OS2/c1-7(2)17-13-10(14(18)16-17)12(20-9(4)15-13)11-8(3)5-6-19-11/h5-7,12H,1-4H3,(H,16,18)/t12-/m1/s1. The molecule has 2 aromatic heterocycles. The molecule has 0 amide bonds. The zero-order valence-corrected chi connectivity index (χ0v) is 13.6. The number of aromatic amines is 1. The normalized spacial score (nSPS) is 18.2. The van der Waals surface area contributed by atoms with E-state index in [9.17, 15) is 4.79 Å². The summed E-state index contributed by atoms with van der Waals surface area (Å²) in [4.78, 5) is 18.2. The number of thiophene rings is 1. The van der Waals surface area contributed by atoms with Gasteiger partial charge in [0.15, 0.2) is 5.82 Å². The van der Waals surface area contributed by atoms with Crippen LogP contribution in [-0.4, -0.2) is 14.8 Å². The molecule has 1 aliphatic rings. The van der Waals surface area contributed by atoms with E-state index in [4.69, 9.17) is 0 Å². The summed E-state index contributed by atoms with van der Waals surface area (Å²) < 4.78 is 1.87. The number of hydrogen-bond acceptors (Lipinski definition) is 4. The Kier molecular flexibility index (Phi) is 3.38. The summed E-state index contributed by atoms with van der Waals surface area (Å²) >= 11 is 3.38. The van der Waals surface area contributed by atoms with Crippen LogP contribution in [-0.2, 0) is 0 Å². The molecule has 6 heteroatoms. The Balaban J connectivity index is 2.23. The summed E-state index contributed by atoms with van der Waals surface area (Å²) in [7, 11) is 0. The first-order valence-electron chi connectivity index (χ1n) is 6.59. The SMILES string of the molecule is CC1=Nc2c(c(=O)[nH]n2C(C)C)[C@H](c2sccc2C)S1. The van der Waals surface area contributed by atoms with Crippen molar-refractivity contribution in [3.8, 4) is 0 Å². The van der Waals surface area contributed by atoms with E-state index in [1.165, 1.54) is 10.4 Å². The number of rotatable bonds is 2. The minimum atomic E-state index is -0.0183. The van der Waals surface area contributed by atoms with E-state index < -0.39 is 0 Å². The summed E-state index contributed by atoms with van der Waals surface area (Å²) in [5.74, 6) is 0.791. The lowest BCUT2D eigenvalue weighted by Crippen LogP contribution is -2.13. The predicted octanol–water partition coefficient (Wildman–Crippen LogP) is 4.01. The van der Waals surface area contributed by atoms with Gasteiger partial charge in [-0.05, 0) is 44.7 Å². The van der Waals surface area contributed by atoms with Crippen LogP contribution in [0.4, 0.5) is 5.82 Å². The lowest BCUT2D eigenvalue weighted by atomic mass is 10.1. The first-order valence-corrected chi connectivity index (χ1v) is 8.35. The van der Waals surface area contributed by atoms with E-state index in [1.54, 1.807) is 23.1 Å². The fourth-order valence-electron chi connectivity index (χ4n) is 2.42. The van der Waals surface area contributed by atoms with E-state index in [2.05, 4.69) is 28.5 Å². The molecule has 1 N–H and O–H groups in total. The molecule has 0 radical (unpaired) electrons. The van der Waals surface area contributed by atoms with Gasteiger partial charge < -0.3 is 0 Å². The highest BCUT2D eigenvalue weighted by atomic mass is 32.2. The van der Waals surface area contributed by atoms with Gasteiger partial charge in [-0.15, -0.1) is 11.3 Å². The maximum absolute atomic E-state index is 12.4. The minimum Gasteiger partial charge on any atom is -0.268 e. The van der Waals surface area contributed by atoms with E-state index >= 15 is 0 Å². The Bertz CT molecular complexity index is 736. The van der Waals surface area contributed by atoms with Crippen molar-refractivity contribution in [1.29, 1.82) is 0 Å². The van der Waals surface area contributed by atoms with Gasteiger partial charge >= 0.3 is 0 Å². The molecule has 0 aromatic carbocycles. The number of aliphatic imine (C=N–C) groups is 1. The molecule has 20 heavy (non-hydrogen) atoms. The smallest absolute Gasteiger partial charge is 0.268 e. The second-order valence-electron chi connectivity index (χ2n) is 5.24. The van der Waals surface area contributed by atoms with Gasteiger partial charge in [0.05, 0.1) is 15.9 Å². The minimum absolute atomic E-state index is 0.0183. The van der Waals surface area contributed by atoms with Crippen LogP contribution in [0.25, 0.3) is 0 Å². The fraction of sp³-hybridized carbons (Fsp3) is 0.429. The van der Waals surface area contributed by atoms with Crippen molar-refractivity contribution >= 4 is 34.0 Å². The molecular weight excluding hydrogens is 290 g/mol. The van der Waals surface area contributed by atoms with E-state index in [0.717, 1.165) is 16.4 Å². The maximum Gasteiger partial charge on any atom is 0.271 e. The molecule has 106 valence electrons. The number of aryl methyl sites for hydroxylation is 1. The highest BCUT2D eigenvalue weighted by Crippen LogP contribution is 2.46. The van der Waals surface area contributed by atoms with E-state index in [0.29, 0.717) is 0 Å². The third kappa shape index (κ3) is 2.07. The van der Waals surface area contributed by atoms with Crippen molar-refractivity contribution in [2.24, 2.45) is 4.99 Å². The van der Waals surface area contributed by atoms with Gasteiger partial charge in [-0.3, -0.25) is 14.6 Å². The van der Waals surface area contributed by atoms with Crippen LogP contribution in [0, 0.1) is 6.92 Å². The Hall–Kier alpha value is -1.27. The molecule has 3 rings (SSSR count). The molecule has 1 atom stereocenters. The molecule has 0 unspecified atom stereocenters. The lowest BCUT2D eigenvalue weighted by molar-refractivity contribution is 0.533. The molecule has 2 aromatic rings. The Morgan fingerprint density at radius 1 is 1.40 bits per heavy atom. The van der Waals surface area contributed by atoms with Crippen LogP contribution < -0.4 is 5.56 Å². The number of aromatic nitrogens is 2. The van der Waals surface area contributed by atoms with Gasteiger partial charge in [0, 0.05) is 10.9 Å².